The molecule has 0 unspecified atom stereocenters. The highest BCUT2D eigenvalue weighted by atomic mass is 19.2. The zero-order valence-corrected chi connectivity index (χ0v) is 13.2. The van der Waals surface area contributed by atoms with E-state index in [2.05, 4.69) is 15.8 Å². The van der Waals surface area contributed by atoms with Crippen LogP contribution in [-0.4, -0.2) is 30.8 Å². The average molecular weight is 336 g/mol. The van der Waals surface area contributed by atoms with E-state index in [-0.39, 0.29) is 11.9 Å². The Balaban J connectivity index is 1.47. The van der Waals surface area contributed by atoms with E-state index in [0.29, 0.717) is 30.4 Å². The minimum Gasteiger partial charge on any atom is -0.371 e. The summed E-state index contributed by atoms with van der Waals surface area (Å²) in [7, 11) is 0. The molecule has 1 atom stereocenters. The Morgan fingerprint density at radius 1 is 1.38 bits per heavy atom. The third-order valence-corrected chi connectivity index (χ3v) is 3.98. The van der Waals surface area contributed by atoms with Gasteiger partial charge in [0.2, 0.25) is 0 Å². The number of benzene rings is 1. The molecule has 8 heteroatoms. The van der Waals surface area contributed by atoms with Gasteiger partial charge in [-0.15, -0.1) is 0 Å². The molecule has 1 aromatic heterocycles. The van der Waals surface area contributed by atoms with E-state index in [1.54, 1.807) is 19.1 Å². The zero-order valence-electron chi connectivity index (χ0n) is 13.2. The molecule has 2 heterocycles. The first-order chi connectivity index (χ1) is 11.5. The van der Waals surface area contributed by atoms with Crippen LogP contribution in [0.3, 0.4) is 0 Å². The van der Waals surface area contributed by atoms with Crippen LogP contribution in [-0.2, 0) is 0 Å². The molecule has 1 aliphatic rings. The molecule has 0 radical (unpaired) electrons. The van der Waals surface area contributed by atoms with Crippen LogP contribution in [0, 0.1) is 24.5 Å². The van der Waals surface area contributed by atoms with Crippen molar-refractivity contribution < 1.29 is 18.1 Å². The summed E-state index contributed by atoms with van der Waals surface area (Å²) >= 11 is 0. The number of nitrogens with one attached hydrogen (secondary N) is 2. The molecule has 1 aliphatic heterocycles. The Morgan fingerprint density at radius 2 is 2.21 bits per heavy atom. The third kappa shape index (κ3) is 3.81. The Bertz CT molecular complexity index is 735. The number of urea groups is 1. The van der Waals surface area contributed by atoms with Crippen LogP contribution in [0.25, 0.3) is 0 Å². The monoisotopic (exact) mass is 336 g/mol. The molecule has 2 N–H and O–H groups in total. The van der Waals surface area contributed by atoms with E-state index in [9.17, 15) is 13.6 Å². The van der Waals surface area contributed by atoms with Gasteiger partial charge in [0.25, 0.3) is 0 Å². The van der Waals surface area contributed by atoms with Crippen molar-refractivity contribution in [1.29, 1.82) is 0 Å². The van der Waals surface area contributed by atoms with Crippen molar-refractivity contribution in [2.45, 2.75) is 13.3 Å². The van der Waals surface area contributed by atoms with Crippen LogP contribution in [0.2, 0.25) is 0 Å². The number of anilines is 2. The summed E-state index contributed by atoms with van der Waals surface area (Å²) in [5.41, 5.74) is 0.652. The maximum absolute atomic E-state index is 13.3. The lowest BCUT2D eigenvalue weighted by atomic mass is 10.1. The van der Waals surface area contributed by atoms with Gasteiger partial charge in [0.15, 0.2) is 17.5 Å². The lowest BCUT2D eigenvalue weighted by Crippen LogP contribution is -2.34. The molecule has 128 valence electrons. The van der Waals surface area contributed by atoms with Crippen molar-refractivity contribution in [2.75, 3.05) is 29.9 Å². The minimum absolute atomic E-state index is 0.239. The lowest BCUT2D eigenvalue weighted by molar-refractivity contribution is 0.250. The number of rotatable bonds is 4. The predicted octanol–water partition coefficient (Wildman–Crippen LogP) is 2.91. The normalized spacial score (nSPS) is 17.1. The van der Waals surface area contributed by atoms with Gasteiger partial charge in [-0.25, -0.2) is 13.6 Å². The topological polar surface area (TPSA) is 70.4 Å². The number of hydrogen-bond donors (Lipinski definition) is 2. The quantitative estimate of drug-likeness (QED) is 0.901. The van der Waals surface area contributed by atoms with Gasteiger partial charge in [0.05, 0.1) is 0 Å². The molecule has 0 spiro atoms. The second kappa shape index (κ2) is 6.86. The predicted molar refractivity (Wildman–Crippen MR) is 84.9 cm³/mol. The van der Waals surface area contributed by atoms with Crippen LogP contribution in [0.5, 0.6) is 0 Å². The second-order valence-electron chi connectivity index (χ2n) is 5.86. The molecule has 0 bridgehead atoms. The van der Waals surface area contributed by atoms with Gasteiger partial charge in [-0.3, -0.25) is 5.32 Å². The fourth-order valence-electron chi connectivity index (χ4n) is 2.74. The first-order valence-electron chi connectivity index (χ1n) is 7.69. The maximum Gasteiger partial charge on any atom is 0.320 e. The molecule has 6 nitrogen and oxygen atoms in total. The van der Waals surface area contributed by atoms with Crippen LogP contribution in [0.4, 0.5) is 25.1 Å². The van der Waals surface area contributed by atoms with Gasteiger partial charge in [-0.2, -0.15) is 0 Å². The highest BCUT2D eigenvalue weighted by molar-refractivity contribution is 5.88. The maximum atomic E-state index is 13.3. The summed E-state index contributed by atoms with van der Waals surface area (Å²) < 4.78 is 31.2. The fraction of sp³-hybridized carbons (Fsp3) is 0.375. The minimum atomic E-state index is -0.851. The van der Waals surface area contributed by atoms with Gasteiger partial charge >= 0.3 is 6.03 Å². The van der Waals surface area contributed by atoms with E-state index in [0.717, 1.165) is 19.0 Å². The highest BCUT2D eigenvalue weighted by Crippen LogP contribution is 2.25. The molecule has 2 amide bonds. The van der Waals surface area contributed by atoms with Crippen molar-refractivity contribution in [3.8, 4) is 0 Å². The van der Waals surface area contributed by atoms with Crippen molar-refractivity contribution >= 4 is 17.5 Å². The molecule has 1 fully saturated rings. The van der Waals surface area contributed by atoms with Crippen molar-refractivity contribution in [2.24, 2.45) is 5.92 Å². The van der Waals surface area contributed by atoms with Gasteiger partial charge in [0.1, 0.15) is 5.76 Å². The van der Waals surface area contributed by atoms with E-state index >= 15 is 0 Å². The molecule has 24 heavy (non-hydrogen) atoms. The number of aromatic nitrogens is 1. The Kier molecular flexibility index (Phi) is 4.64. The van der Waals surface area contributed by atoms with Crippen molar-refractivity contribution in [3.05, 3.63) is 41.7 Å². The number of amides is 2. The highest BCUT2D eigenvalue weighted by Gasteiger charge is 2.23. The number of halogens is 2. The van der Waals surface area contributed by atoms with Crippen molar-refractivity contribution in [3.63, 3.8) is 0 Å². The summed E-state index contributed by atoms with van der Waals surface area (Å²) in [6.45, 7) is 3.64. The Morgan fingerprint density at radius 3 is 2.92 bits per heavy atom. The van der Waals surface area contributed by atoms with Crippen LogP contribution < -0.4 is 15.5 Å². The molecular weight excluding hydrogens is 318 g/mol. The summed E-state index contributed by atoms with van der Waals surface area (Å²) in [5.74, 6) is -0.488. The molecular formula is C16H18F2N4O2. The SMILES string of the molecule is Cc1cc(NC(=O)NC[C@@H]2CCN(c3ccc(F)c(F)c3)C2)no1. The summed E-state index contributed by atoms with van der Waals surface area (Å²) in [6.07, 6.45) is 0.863. The van der Waals surface area contributed by atoms with Gasteiger partial charge < -0.3 is 14.7 Å². The lowest BCUT2D eigenvalue weighted by Gasteiger charge is -2.19. The van der Waals surface area contributed by atoms with E-state index in [1.807, 2.05) is 4.90 Å². The van der Waals surface area contributed by atoms with Crippen LogP contribution in [0.1, 0.15) is 12.2 Å². The number of carbonyl (C=O) groups is 1. The number of hydrogen-bond acceptors (Lipinski definition) is 4. The molecule has 1 aromatic carbocycles. The summed E-state index contributed by atoms with van der Waals surface area (Å²) in [5, 5.41) is 9.05. The Hall–Kier alpha value is -2.64. The number of carbonyl (C=O) groups excluding carboxylic acids is 1. The molecule has 3 rings (SSSR count). The Labute approximate surface area is 137 Å². The first kappa shape index (κ1) is 16.2. The summed E-state index contributed by atoms with van der Waals surface area (Å²) in [4.78, 5) is 13.8. The van der Waals surface area contributed by atoms with Crippen LogP contribution in [0.15, 0.2) is 28.8 Å². The largest absolute Gasteiger partial charge is 0.371 e. The molecule has 2 aromatic rings. The van der Waals surface area contributed by atoms with Gasteiger partial charge in [0, 0.05) is 37.5 Å². The van der Waals surface area contributed by atoms with Crippen LogP contribution >= 0.6 is 0 Å². The molecule has 0 saturated carbocycles. The van der Waals surface area contributed by atoms with E-state index in [4.69, 9.17) is 4.52 Å². The average Bonchev–Trinajstić information content (AvgIpc) is 3.17. The van der Waals surface area contributed by atoms with E-state index in [1.165, 1.54) is 6.07 Å². The van der Waals surface area contributed by atoms with Crippen molar-refractivity contribution in [1.82, 2.24) is 10.5 Å². The first-order valence-corrected chi connectivity index (χ1v) is 7.69. The third-order valence-electron chi connectivity index (χ3n) is 3.98. The van der Waals surface area contributed by atoms with Gasteiger partial charge in [-0.1, -0.05) is 5.16 Å². The number of aryl methyl sites for hydroxylation is 1. The number of nitrogens with zero attached hydrogens (tertiary/aromatic N) is 2. The van der Waals surface area contributed by atoms with Gasteiger partial charge in [-0.05, 0) is 31.4 Å². The fourth-order valence-corrected chi connectivity index (χ4v) is 2.74. The van der Waals surface area contributed by atoms with E-state index < -0.39 is 11.6 Å². The smallest absolute Gasteiger partial charge is 0.320 e. The molecule has 1 saturated heterocycles. The zero-order chi connectivity index (χ0) is 17.1. The molecule has 0 aliphatic carbocycles. The second-order valence-corrected chi connectivity index (χ2v) is 5.86. The summed E-state index contributed by atoms with van der Waals surface area (Å²) in [6, 6.07) is 5.16. The standard InChI is InChI=1S/C16H18F2N4O2/c1-10-6-15(21-24-10)20-16(23)19-8-11-4-5-22(9-11)12-2-3-13(17)14(18)7-12/h2-3,6-7,11H,4-5,8-9H2,1H3,(H2,19,20,21,23)/t11-/m0/s1.